The van der Waals surface area contributed by atoms with Gasteiger partial charge >= 0.3 is 0 Å². The Morgan fingerprint density at radius 3 is 2.35 bits per heavy atom. The highest BCUT2D eigenvalue weighted by atomic mass is 15.1. The molecule has 0 radical (unpaired) electrons. The van der Waals surface area contributed by atoms with E-state index >= 15 is 0 Å². The average molecular weight is 272 g/mol. The highest BCUT2D eigenvalue weighted by Gasteiger charge is 2.21. The zero-order valence-electron chi connectivity index (χ0n) is 12.6. The first-order valence-corrected chi connectivity index (χ1v) is 8.40. The minimum absolute atomic E-state index is 0.798. The van der Waals surface area contributed by atoms with E-state index in [0.717, 1.165) is 11.8 Å². The largest absolute Gasteiger partial charge is 0.317 e. The second kappa shape index (κ2) is 7.24. The normalized spacial score (nSPS) is 23.0. The Balaban J connectivity index is 1.40. The Morgan fingerprint density at radius 2 is 1.65 bits per heavy atom. The molecule has 0 unspecified atom stereocenters. The molecule has 0 saturated carbocycles. The van der Waals surface area contributed by atoms with Crippen LogP contribution in [0.1, 0.15) is 43.6 Å². The van der Waals surface area contributed by atoms with Gasteiger partial charge in [0, 0.05) is 0 Å². The van der Waals surface area contributed by atoms with Crippen LogP contribution in [0.15, 0.2) is 30.3 Å². The highest BCUT2D eigenvalue weighted by Crippen LogP contribution is 2.28. The molecule has 0 aromatic heterocycles. The van der Waals surface area contributed by atoms with Gasteiger partial charge < -0.3 is 10.2 Å². The Hall–Kier alpha value is -0.860. The van der Waals surface area contributed by atoms with Gasteiger partial charge in [0.1, 0.15) is 0 Å². The fourth-order valence-electron chi connectivity index (χ4n) is 3.75. The van der Waals surface area contributed by atoms with Crippen LogP contribution < -0.4 is 5.32 Å². The maximum absolute atomic E-state index is 3.46. The maximum atomic E-state index is 3.46. The molecule has 20 heavy (non-hydrogen) atoms. The lowest BCUT2D eigenvalue weighted by atomic mass is 9.89. The van der Waals surface area contributed by atoms with Crippen LogP contribution in [0.3, 0.4) is 0 Å². The number of rotatable bonds is 4. The number of nitrogens with one attached hydrogen (secondary N) is 1. The summed E-state index contributed by atoms with van der Waals surface area (Å²) in [4.78, 5) is 2.70. The molecule has 1 aromatic rings. The van der Waals surface area contributed by atoms with Crippen LogP contribution in [0, 0.1) is 5.92 Å². The summed E-state index contributed by atoms with van der Waals surface area (Å²) in [5, 5.41) is 3.46. The molecule has 1 N–H and O–H groups in total. The number of likely N-dealkylation sites (tertiary alicyclic amines) is 1. The summed E-state index contributed by atoms with van der Waals surface area (Å²) in [6, 6.07) is 11.1. The first-order chi connectivity index (χ1) is 9.92. The molecule has 2 nitrogen and oxygen atoms in total. The zero-order valence-corrected chi connectivity index (χ0v) is 12.6. The van der Waals surface area contributed by atoms with Crippen molar-refractivity contribution >= 4 is 0 Å². The van der Waals surface area contributed by atoms with Gasteiger partial charge in [-0.25, -0.2) is 0 Å². The minimum atomic E-state index is 0.798. The Morgan fingerprint density at radius 1 is 0.950 bits per heavy atom. The van der Waals surface area contributed by atoms with Crippen molar-refractivity contribution in [1.29, 1.82) is 0 Å². The van der Waals surface area contributed by atoms with Crippen LogP contribution in [-0.4, -0.2) is 37.6 Å². The molecule has 0 bridgehead atoms. The van der Waals surface area contributed by atoms with Crippen LogP contribution in [0.2, 0.25) is 0 Å². The van der Waals surface area contributed by atoms with Crippen LogP contribution >= 0.6 is 0 Å². The van der Waals surface area contributed by atoms with E-state index in [2.05, 4.69) is 40.5 Å². The lowest BCUT2D eigenvalue weighted by Gasteiger charge is -2.33. The number of nitrogens with zero attached hydrogens (tertiary/aromatic N) is 1. The summed E-state index contributed by atoms with van der Waals surface area (Å²) in [5.41, 5.74) is 1.55. The molecule has 0 amide bonds. The fraction of sp³-hybridized carbons (Fsp3) is 0.667. The lowest BCUT2D eigenvalue weighted by Crippen LogP contribution is -2.36. The van der Waals surface area contributed by atoms with E-state index in [1.165, 1.54) is 64.8 Å². The van der Waals surface area contributed by atoms with Gasteiger partial charge in [0.05, 0.1) is 0 Å². The summed E-state index contributed by atoms with van der Waals surface area (Å²) < 4.78 is 0. The van der Waals surface area contributed by atoms with Gasteiger partial charge in [0.2, 0.25) is 0 Å². The first kappa shape index (κ1) is 14.1. The van der Waals surface area contributed by atoms with Crippen molar-refractivity contribution in [2.75, 3.05) is 32.7 Å². The molecule has 2 heterocycles. The van der Waals surface area contributed by atoms with Gasteiger partial charge in [-0.15, -0.1) is 0 Å². The molecule has 2 fully saturated rings. The maximum Gasteiger partial charge on any atom is -0.00129 e. The quantitative estimate of drug-likeness (QED) is 0.905. The Bertz CT molecular complexity index is 376. The molecule has 0 aliphatic carbocycles. The lowest BCUT2D eigenvalue weighted by molar-refractivity contribution is 0.191. The molecule has 2 saturated heterocycles. The summed E-state index contributed by atoms with van der Waals surface area (Å²) in [6.45, 7) is 6.39. The third-order valence-corrected chi connectivity index (χ3v) is 5.17. The smallest absolute Gasteiger partial charge is 0.00129 e. The van der Waals surface area contributed by atoms with E-state index in [1.807, 2.05) is 0 Å². The van der Waals surface area contributed by atoms with Gasteiger partial charge in [-0.05, 0) is 82.2 Å². The van der Waals surface area contributed by atoms with Gasteiger partial charge in [-0.1, -0.05) is 30.3 Å². The standard InChI is InChI=1S/C18H28N2/c1-2-4-17(5-3-1)18-9-14-20(15-10-18)13-8-16-6-11-19-12-7-16/h1-5,16,18-19H,6-15H2. The van der Waals surface area contributed by atoms with Gasteiger partial charge in [-0.3, -0.25) is 0 Å². The average Bonchev–Trinajstić information content (AvgIpc) is 2.55. The Kier molecular flexibility index (Phi) is 5.10. The number of piperidine rings is 2. The minimum Gasteiger partial charge on any atom is -0.317 e. The second-order valence-corrected chi connectivity index (χ2v) is 6.51. The molecule has 0 spiro atoms. The number of hydrogen-bond donors (Lipinski definition) is 1. The van der Waals surface area contributed by atoms with E-state index in [-0.39, 0.29) is 0 Å². The van der Waals surface area contributed by atoms with Crippen molar-refractivity contribution in [2.45, 2.75) is 38.0 Å². The fourth-order valence-corrected chi connectivity index (χ4v) is 3.75. The van der Waals surface area contributed by atoms with E-state index in [0.29, 0.717) is 0 Å². The monoisotopic (exact) mass is 272 g/mol. The first-order valence-electron chi connectivity index (χ1n) is 8.40. The Labute approximate surface area is 123 Å². The molecule has 2 heteroatoms. The van der Waals surface area contributed by atoms with E-state index in [9.17, 15) is 0 Å². The summed E-state index contributed by atoms with van der Waals surface area (Å²) in [7, 11) is 0. The molecule has 0 atom stereocenters. The summed E-state index contributed by atoms with van der Waals surface area (Å²) in [5.74, 6) is 1.77. The summed E-state index contributed by atoms with van der Waals surface area (Å²) in [6.07, 6.45) is 6.88. The zero-order chi connectivity index (χ0) is 13.6. The van der Waals surface area contributed by atoms with Crippen LogP contribution in [0.25, 0.3) is 0 Å². The van der Waals surface area contributed by atoms with Crippen molar-refractivity contribution in [3.63, 3.8) is 0 Å². The van der Waals surface area contributed by atoms with Crippen molar-refractivity contribution in [1.82, 2.24) is 10.2 Å². The van der Waals surface area contributed by atoms with Crippen LogP contribution in [0.5, 0.6) is 0 Å². The molecular weight excluding hydrogens is 244 g/mol. The van der Waals surface area contributed by atoms with Crippen molar-refractivity contribution in [2.24, 2.45) is 5.92 Å². The van der Waals surface area contributed by atoms with Crippen molar-refractivity contribution in [3.05, 3.63) is 35.9 Å². The van der Waals surface area contributed by atoms with Crippen LogP contribution in [-0.2, 0) is 0 Å². The van der Waals surface area contributed by atoms with Gasteiger partial charge in [0.25, 0.3) is 0 Å². The molecular formula is C18H28N2. The number of hydrogen-bond acceptors (Lipinski definition) is 2. The summed E-state index contributed by atoms with van der Waals surface area (Å²) >= 11 is 0. The molecule has 3 rings (SSSR count). The molecule has 2 aliphatic heterocycles. The third-order valence-electron chi connectivity index (χ3n) is 5.17. The van der Waals surface area contributed by atoms with E-state index in [1.54, 1.807) is 5.56 Å². The third kappa shape index (κ3) is 3.83. The van der Waals surface area contributed by atoms with E-state index in [4.69, 9.17) is 0 Å². The number of benzene rings is 1. The van der Waals surface area contributed by atoms with E-state index < -0.39 is 0 Å². The van der Waals surface area contributed by atoms with Gasteiger partial charge in [0.15, 0.2) is 0 Å². The SMILES string of the molecule is c1ccc(C2CCN(CCC3CCNCC3)CC2)cc1. The highest BCUT2D eigenvalue weighted by molar-refractivity contribution is 5.19. The predicted molar refractivity (Wildman–Crippen MR) is 85.1 cm³/mol. The van der Waals surface area contributed by atoms with Gasteiger partial charge in [-0.2, -0.15) is 0 Å². The second-order valence-electron chi connectivity index (χ2n) is 6.51. The van der Waals surface area contributed by atoms with Crippen molar-refractivity contribution < 1.29 is 0 Å². The predicted octanol–water partition coefficient (Wildman–Crippen LogP) is 3.26. The topological polar surface area (TPSA) is 15.3 Å². The van der Waals surface area contributed by atoms with Crippen LogP contribution in [0.4, 0.5) is 0 Å². The molecule has 110 valence electrons. The molecule has 1 aromatic carbocycles. The van der Waals surface area contributed by atoms with Crippen molar-refractivity contribution in [3.8, 4) is 0 Å². The molecule has 2 aliphatic rings.